The Labute approximate surface area is 269 Å². The molecule has 4 heteroatoms. The second-order valence-corrected chi connectivity index (χ2v) is 10.9. The topological polar surface area (TPSA) is 48.8 Å². The molecule has 1 aliphatic rings. The zero-order chi connectivity index (χ0) is 31.0. The molecule has 4 nitrogen and oxygen atoms in total. The van der Waals surface area contributed by atoms with Crippen LogP contribution in [0.5, 0.6) is 0 Å². The molecule has 0 unspecified atom stereocenters. The molecule has 0 spiro atoms. The van der Waals surface area contributed by atoms with Gasteiger partial charge in [0.25, 0.3) is 0 Å². The van der Waals surface area contributed by atoms with Crippen molar-refractivity contribution >= 4 is 45.6 Å². The molecule has 220 valence electrons. The van der Waals surface area contributed by atoms with Gasteiger partial charge in [0.2, 0.25) is 0 Å². The molecule has 0 aromatic heterocycles. The third-order valence-corrected chi connectivity index (χ3v) is 7.70. The molecular formula is C42H32N4. The van der Waals surface area contributed by atoms with Crippen LogP contribution in [0.2, 0.25) is 0 Å². The number of fused-ring (bicyclic) bond motifs is 2. The van der Waals surface area contributed by atoms with Crippen LogP contribution in [0.4, 0.5) is 22.7 Å². The molecule has 6 aromatic rings. The Morgan fingerprint density at radius 2 is 0.609 bits per heavy atom. The van der Waals surface area contributed by atoms with Crippen molar-refractivity contribution in [1.82, 2.24) is 0 Å². The van der Waals surface area contributed by atoms with Crippen molar-refractivity contribution in [2.45, 2.75) is 0 Å². The standard InChI is InChI=1S/C42H32N4/c1-5-17-31(18-6-1)39-29-40(32-19-7-2-8-20-32)44-37-27-15-16-28-38(37)46-42(34-23-11-4-12-24-34)30-41(33-21-9-3-10-22-33)45-36-26-14-13-25-35(36)43-39/h1-30,43,46H/b39-29-,42-30-,44-40?,45-41?. The van der Waals surface area contributed by atoms with Crippen molar-refractivity contribution in [2.24, 2.45) is 9.98 Å². The van der Waals surface area contributed by atoms with E-state index < -0.39 is 0 Å². The summed E-state index contributed by atoms with van der Waals surface area (Å²) < 4.78 is 0. The van der Waals surface area contributed by atoms with Crippen molar-refractivity contribution in [3.05, 3.63) is 204 Å². The predicted octanol–water partition coefficient (Wildman–Crippen LogP) is 10.5. The Bertz CT molecular complexity index is 1910. The minimum Gasteiger partial charge on any atom is -0.353 e. The lowest BCUT2D eigenvalue weighted by Crippen LogP contribution is -2.07. The van der Waals surface area contributed by atoms with Gasteiger partial charge in [-0.3, -0.25) is 0 Å². The predicted molar refractivity (Wildman–Crippen MR) is 194 cm³/mol. The number of hydrogen-bond donors (Lipinski definition) is 2. The zero-order valence-corrected chi connectivity index (χ0v) is 25.2. The van der Waals surface area contributed by atoms with Crippen LogP contribution >= 0.6 is 0 Å². The van der Waals surface area contributed by atoms with E-state index in [1.54, 1.807) is 0 Å². The Kier molecular flexibility index (Phi) is 8.42. The number of para-hydroxylation sites is 4. The third kappa shape index (κ3) is 6.62. The molecule has 1 heterocycles. The van der Waals surface area contributed by atoms with Crippen LogP contribution in [0, 0.1) is 0 Å². The van der Waals surface area contributed by atoms with Gasteiger partial charge in [0.05, 0.1) is 34.2 Å². The van der Waals surface area contributed by atoms with Crippen molar-refractivity contribution in [2.75, 3.05) is 10.6 Å². The lowest BCUT2D eigenvalue weighted by atomic mass is 10.0. The molecule has 2 N–H and O–H groups in total. The molecule has 0 saturated carbocycles. The van der Waals surface area contributed by atoms with Gasteiger partial charge in [-0.1, -0.05) is 146 Å². The fourth-order valence-electron chi connectivity index (χ4n) is 5.37. The van der Waals surface area contributed by atoms with Crippen molar-refractivity contribution in [1.29, 1.82) is 0 Å². The van der Waals surface area contributed by atoms with Crippen molar-refractivity contribution in [3.63, 3.8) is 0 Å². The quantitative estimate of drug-likeness (QED) is 0.214. The lowest BCUT2D eigenvalue weighted by Gasteiger charge is -2.18. The van der Waals surface area contributed by atoms with Crippen LogP contribution in [0.15, 0.2) is 192 Å². The highest BCUT2D eigenvalue weighted by atomic mass is 15.0. The Balaban J connectivity index is 1.52. The maximum atomic E-state index is 5.31. The fourth-order valence-corrected chi connectivity index (χ4v) is 5.37. The molecule has 6 aromatic carbocycles. The SMILES string of the molecule is C1=C(/c2ccccc2)Nc2ccccc2N=C(c2ccccc2)/C=C(/c2ccccc2)Nc2ccccc2N=C/1c1ccccc1. The molecule has 0 fully saturated rings. The van der Waals surface area contributed by atoms with Crippen molar-refractivity contribution < 1.29 is 0 Å². The van der Waals surface area contributed by atoms with E-state index in [0.717, 1.165) is 67.8 Å². The molecule has 0 radical (unpaired) electrons. The largest absolute Gasteiger partial charge is 0.353 e. The highest BCUT2D eigenvalue weighted by Crippen LogP contribution is 2.33. The van der Waals surface area contributed by atoms with Gasteiger partial charge in [-0.2, -0.15) is 0 Å². The maximum absolute atomic E-state index is 5.31. The van der Waals surface area contributed by atoms with Crippen LogP contribution < -0.4 is 10.6 Å². The molecule has 0 atom stereocenters. The second-order valence-electron chi connectivity index (χ2n) is 10.9. The summed E-state index contributed by atoms with van der Waals surface area (Å²) >= 11 is 0. The molecule has 46 heavy (non-hydrogen) atoms. The monoisotopic (exact) mass is 592 g/mol. The van der Waals surface area contributed by atoms with Gasteiger partial charge >= 0.3 is 0 Å². The summed E-state index contributed by atoms with van der Waals surface area (Å²) in [7, 11) is 0. The van der Waals surface area contributed by atoms with Crippen LogP contribution in [0.3, 0.4) is 0 Å². The second kappa shape index (κ2) is 13.6. The molecule has 7 rings (SSSR count). The molecule has 0 amide bonds. The van der Waals surface area contributed by atoms with E-state index in [0.29, 0.717) is 0 Å². The van der Waals surface area contributed by atoms with Crippen LogP contribution in [0.1, 0.15) is 22.3 Å². The number of rotatable bonds is 4. The first-order valence-electron chi connectivity index (χ1n) is 15.3. The summed E-state index contributed by atoms with van der Waals surface area (Å²) in [6, 6.07) is 57.6. The van der Waals surface area contributed by atoms with Crippen LogP contribution in [-0.4, -0.2) is 11.4 Å². The van der Waals surface area contributed by atoms with Crippen LogP contribution in [0.25, 0.3) is 11.4 Å². The Hall–Kier alpha value is -6.26. The number of anilines is 2. The number of benzene rings is 6. The molecule has 1 aliphatic heterocycles. The van der Waals surface area contributed by atoms with Gasteiger partial charge in [-0.15, -0.1) is 0 Å². The first kappa shape index (κ1) is 28.5. The molecule has 0 bridgehead atoms. The third-order valence-electron chi connectivity index (χ3n) is 7.70. The van der Waals surface area contributed by atoms with Gasteiger partial charge in [-0.05, 0) is 47.5 Å². The normalized spacial score (nSPS) is 15.5. The average molecular weight is 593 g/mol. The van der Waals surface area contributed by atoms with Crippen LogP contribution in [-0.2, 0) is 0 Å². The summed E-state index contributed by atoms with van der Waals surface area (Å²) in [6.45, 7) is 0. The van der Waals surface area contributed by atoms with E-state index in [1.807, 2.05) is 84.9 Å². The number of hydrogen-bond acceptors (Lipinski definition) is 4. The highest BCUT2D eigenvalue weighted by Gasteiger charge is 2.14. The van der Waals surface area contributed by atoms with E-state index in [-0.39, 0.29) is 0 Å². The number of nitrogens with zero attached hydrogens (tertiary/aromatic N) is 2. The van der Waals surface area contributed by atoms with E-state index in [4.69, 9.17) is 9.98 Å². The fraction of sp³-hybridized carbons (Fsp3) is 0. The maximum Gasteiger partial charge on any atom is 0.0871 e. The summed E-state index contributed by atoms with van der Waals surface area (Å²) in [5.41, 5.74) is 11.0. The van der Waals surface area contributed by atoms with Gasteiger partial charge in [0, 0.05) is 22.5 Å². The van der Waals surface area contributed by atoms with Gasteiger partial charge in [-0.25, -0.2) is 9.98 Å². The minimum atomic E-state index is 0.822. The van der Waals surface area contributed by atoms with E-state index in [1.165, 1.54) is 0 Å². The van der Waals surface area contributed by atoms with Gasteiger partial charge < -0.3 is 10.6 Å². The smallest absolute Gasteiger partial charge is 0.0871 e. The molecule has 0 saturated heterocycles. The lowest BCUT2D eigenvalue weighted by molar-refractivity contribution is 1.44. The first-order chi connectivity index (χ1) is 22.8. The molecular weight excluding hydrogens is 560 g/mol. The average Bonchev–Trinajstić information content (AvgIpc) is 3.13. The van der Waals surface area contributed by atoms with Gasteiger partial charge in [0.1, 0.15) is 0 Å². The zero-order valence-electron chi connectivity index (χ0n) is 25.2. The van der Waals surface area contributed by atoms with Crippen molar-refractivity contribution in [3.8, 4) is 0 Å². The Morgan fingerprint density at radius 3 is 0.978 bits per heavy atom. The molecule has 0 aliphatic carbocycles. The highest BCUT2D eigenvalue weighted by molar-refractivity contribution is 6.16. The summed E-state index contributed by atoms with van der Waals surface area (Å²) in [5, 5.41) is 7.49. The Morgan fingerprint density at radius 1 is 0.304 bits per heavy atom. The number of nitrogens with one attached hydrogen (secondary N) is 2. The summed E-state index contributed by atoms with van der Waals surface area (Å²) in [6.07, 6.45) is 4.25. The van der Waals surface area contributed by atoms with E-state index in [2.05, 4.69) is 108 Å². The van der Waals surface area contributed by atoms with E-state index in [9.17, 15) is 0 Å². The number of allylic oxidation sites excluding steroid dienone is 2. The first-order valence-corrected chi connectivity index (χ1v) is 15.3. The number of aliphatic imine (C=N–C) groups is 2. The minimum absolute atomic E-state index is 0.822. The summed E-state index contributed by atoms with van der Waals surface area (Å²) in [5.74, 6) is 0. The van der Waals surface area contributed by atoms with E-state index >= 15 is 0 Å². The van der Waals surface area contributed by atoms with Gasteiger partial charge in [0.15, 0.2) is 0 Å². The summed E-state index contributed by atoms with van der Waals surface area (Å²) in [4.78, 5) is 10.6.